The lowest BCUT2D eigenvalue weighted by atomic mass is 10.1. The smallest absolute Gasteiger partial charge is 0.251 e. The van der Waals surface area contributed by atoms with Gasteiger partial charge in [0.25, 0.3) is 5.91 Å². The normalized spacial score (nSPS) is 17.5. The fourth-order valence-electron chi connectivity index (χ4n) is 2.60. The first-order valence-corrected chi connectivity index (χ1v) is 8.24. The lowest BCUT2D eigenvalue weighted by molar-refractivity contribution is 0.0940. The fourth-order valence-corrected chi connectivity index (χ4v) is 3.28. The summed E-state index contributed by atoms with van der Waals surface area (Å²) in [6.45, 7) is 1.77. The molecular formula is C16H20N4OS. The van der Waals surface area contributed by atoms with Crippen molar-refractivity contribution in [2.75, 3.05) is 37.0 Å². The molecule has 1 atom stereocenters. The van der Waals surface area contributed by atoms with Crippen LogP contribution in [0.15, 0.2) is 35.8 Å². The highest BCUT2D eigenvalue weighted by atomic mass is 32.1. The largest absolute Gasteiger partial charge is 0.378 e. The van der Waals surface area contributed by atoms with E-state index in [1.54, 1.807) is 11.3 Å². The summed E-state index contributed by atoms with van der Waals surface area (Å²) < 4.78 is 0. The van der Waals surface area contributed by atoms with Gasteiger partial charge in [0.05, 0.1) is 0 Å². The molecular weight excluding hydrogens is 296 g/mol. The molecule has 0 bridgehead atoms. The number of thiazole rings is 1. The summed E-state index contributed by atoms with van der Waals surface area (Å²) in [5, 5.41) is 6.13. The zero-order valence-electron chi connectivity index (χ0n) is 12.8. The van der Waals surface area contributed by atoms with Crippen LogP contribution >= 0.6 is 11.3 Å². The van der Waals surface area contributed by atoms with E-state index in [9.17, 15) is 4.79 Å². The van der Waals surface area contributed by atoms with Crippen molar-refractivity contribution in [2.45, 2.75) is 12.5 Å². The minimum Gasteiger partial charge on any atom is -0.378 e. The van der Waals surface area contributed by atoms with Gasteiger partial charge in [-0.1, -0.05) is 0 Å². The van der Waals surface area contributed by atoms with Crippen LogP contribution in [0.25, 0.3) is 0 Å². The maximum absolute atomic E-state index is 12.3. The SMILES string of the molecule is CN(C)c1ccc(C(=O)NC2CCN(c3nccs3)C2)cc1. The zero-order chi connectivity index (χ0) is 15.5. The van der Waals surface area contributed by atoms with Crippen LogP contribution in [0, 0.1) is 0 Å². The van der Waals surface area contributed by atoms with Gasteiger partial charge in [-0.2, -0.15) is 0 Å². The summed E-state index contributed by atoms with van der Waals surface area (Å²) in [7, 11) is 3.97. The molecule has 0 radical (unpaired) electrons. The average Bonchev–Trinajstić information content (AvgIpc) is 3.18. The molecule has 1 fully saturated rings. The van der Waals surface area contributed by atoms with E-state index in [4.69, 9.17) is 0 Å². The average molecular weight is 316 g/mol. The Hall–Kier alpha value is -2.08. The van der Waals surface area contributed by atoms with E-state index < -0.39 is 0 Å². The summed E-state index contributed by atoms with van der Waals surface area (Å²) >= 11 is 1.64. The summed E-state index contributed by atoms with van der Waals surface area (Å²) in [5.41, 5.74) is 1.80. The van der Waals surface area contributed by atoms with Crippen molar-refractivity contribution >= 4 is 28.1 Å². The maximum Gasteiger partial charge on any atom is 0.251 e. The molecule has 3 rings (SSSR count). The minimum absolute atomic E-state index is 0.00343. The number of hydrogen-bond donors (Lipinski definition) is 1. The molecule has 6 heteroatoms. The van der Waals surface area contributed by atoms with Crippen molar-refractivity contribution in [3.8, 4) is 0 Å². The Bertz CT molecular complexity index is 624. The highest BCUT2D eigenvalue weighted by molar-refractivity contribution is 7.13. The highest BCUT2D eigenvalue weighted by Crippen LogP contribution is 2.22. The second-order valence-corrected chi connectivity index (χ2v) is 6.53. The number of benzene rings is 1. The van der Waals surface area contributed by atoms with E-state index >= 15 is 0 Å². The van der Waals surface area contributed by atoms with Crippen LogP contribution in [0.5, 0.6) is 0 Å². The Kier molecular flexibility index (Phi) is 4.29. The molecule has 22 heavy (non-hydrogen) atoms. The van der Waals surface area contributed by atoms with Crippen molar-refractivity contribution in [3.05, 3.63) is 41.4 Å². The molecule has 1 N–H and O–H groups in total. The third kappa shape index (κ3) is 3.22. The summed E-state index contributed by atoms with van der Waals surface area (Å²) in [6.07, 6.45) is 2.78. The number of rotatable bonds is 4. The van der Waals surface area contributed by atoms with E-state index in [1.165, 1.54) is 0 Å². The fraction of sp³-hybridized carbons (Fsp3) is 0.375. The van der Waals surface area contributed by atoms with Gasteiger partial charge in [-0.25, -0.2) is 4.98 Å². The zero-order valence-corrected chi connectivity index (χ0v) is 13.6. The molecule has 1 unspecified atom stereocenters. The molecule has 1 saturated heterocycles. The molecule has 1 amide bonds. The van der Waals surface area contributed by atoms with Crippen molar-refractivity contribution in [3.63, 3.8) is 0 Å². The lowest BCUT2D eigenvalue weighted by Gasteiger charge is -2.16. The van der Waals surface area contributed by atoms with Crippen molar-refractivity contribution in [2.24, 2.45) is 0 Å². The number of hydrogen-bond acceptors (Lipinski definition) is 5. The monoisotopic (exact) mass is 316 g/mol. The summed E-state index contributed by atoms with van der Waals surface area (Å²) in [6, 6.07) is 7.86. The van der Waals surface area contributed by atoms with E-state index in [0.29, 0.717) is 5.56 Å². The molecule has 116 valence electrons. The van der Waals surface area contributed by atoms with Crippen LogP contribution in [-0.2, 0) is 0 Å². The molecule has 0 saturated carbocycles. The maximum atomic E-state index is 12.3. The van der Waals surface area contributed by atoms with Crippen LogP contribution in [-0.4, -0.2) is 44.1 Å². The summed E-state index contributed by atoms with van der Waals surface area (Å²) in [5.74, 6) is -0.00343. The topological polar surface area (TPSA) is 48.5 Å². The van der Waals surface area contributed by atoms with Gasteiger partial charge in [0, 0.05) is 56.1 Å². The quantitative estimate of drug-likeness (QED) is 0.939. The number of anilines is 2. The molecule has 2 heterocycles. The van der Waals surface area contributed by atoms with Gasteiger partial charge in [-0.3, -0.25) is 4.79 Å². The number of aromatic nitrogens is 1. The van der Waals surface area contributed by atoms with E-state index in [-0.39, 0.29) is 11.9 Å². The Morgan fingerprint density at radius 3 is 2.77 bits per heavy atom. The van der Waals surface area contributed by atoms with Crippen molar-refractivity contribution in [1.82, 2.24) is 10.3 Å². The molecule has 5 nitrogen and oxygen atoms in total. The van der Waals surface area contributed by atoms with Crippen molar-refractivity contribution in [1.29, 1.82) is 0 Å². The van der Waals surface area contributed by atoms with Gasteiger partial charge in [0.15, 0.2) is 5.13 Å². The Balaban J connectivity index is 1.58. The van der Waals surface area contributed by atoms with Gasteiger partial charge in [-0.05, 0) is 30.7 Å². The van der Waals surface area contributed by atoms with Crippen LogP contribution in [0.2, 0.25) is 0 Å². The van der Waals surface area contributed by atoms with Gasteiger partial charge >= 0.3 is 0 Å². The van der Waals surface area contributed by atoms with Gasteiger partial charge in [-0.15, -0.1) is 11.3 Å². The van der Waals surface area contributed by atoms with Gasteiger partial charge in [0.2, 0.25) is 0 Å². The number of carbonyl (C=O) groups excluding carboxylic acids is 1. The second kappa shape index (κ2) is 6.36. The number of amides is 1. The Morgan fingerprint density at radius 2 is 2.14 bits per heavy atom. The molecule has 2 aromatic rings. The van der Waals surface area contributed by atoms with E-state index in [2.05, 4.69) is 15.2 Å². The van der Waals surface area contributed by atoms with Gasteiger partial charge in [0.1, 0.15) is 0 Å². The highest BCUT2D eigenvalue weighted by Gasteiger charge is 2.25. The van der Waals surface area contributed by atoms with Crippen LogP contribution < -0.4 is 15.1 Å². The first-order chi connectivity index (χ1) is 10.6. The van der Waals surface area contributed by atoms with Gasteiger partial charge < -0.3 is 15.1 Å². The second-order valence-electron chi connectivity index (χ2n) is 5.66. The Labute approximate surface area is 134 Å². The molecule has 1 aromatic heterocycles. The molecule has 1 aliphatic heterocycles. The number of nitrogens with zero attached hydrogens (tertiary/aromatic N) is 3. The first-order valence-electron chi connectivity index (χ1n) is 7.36. The third-order valence-corrected chi connectivity index (χ3v) is 4.69. The molecule has 1 aromatic carbocycles. The lowest BCUT2D eigenvalue weighted by Crippen LogP contribution is -2.37. The van der Waals surface area contributed by atoms with E-state index in [1.807, 2.05) is 54.8 Å². The number of carbonyl (C=O) groups is 1. The first kappa shape index (κ1) is 14.8. The van der Waals surface area contributed by atoms with Crippen LogP contribution in [0.1, 0.15) is 16.8 Å². The minimum atomic E-state index is -0.00343. The third-order valence-electron chi connectivity index (χ3n) is 3.86. The molecule has 0 spiro atoms. The summed E-state index contributed by atoms with van der Waals surface area (Å²) in [4.78, 5) is 20.9. The molecule has 0 aliphatic carbocycles. The Morgan fingerprint density at radius 1 is 1.36 bits per heavy atom. The van der Waals surface area contributed by atoms with E-state index in [0.717, 1.165) is 30.3 Å². The predicted molar refractivity (Wildman–Crippen MR) is 91.0 cm³/mol. The number of nitrogens with one attached hydrogen (secondary N) is 1. The molecule has 1 aliphatic rings. The van der Waals surface area contributed by atoms with Crippen LogP contribution in [0.3, 0.4) is 0 Å². The predicted octanol–water partition coefficient (Wildman–Crippen LogP) is 2.22. The standard InChI is InChI=1S/C16H20N4OS/c1-19(2)14-5-3-12(4-6-14)15(21)18-13-7-9-20(11-13)16-17-8-10-22-16/h3-6,8,10,13H,7,9,11H2,1-2H3,(H,18,21). The van der Waals surface area contributed by atoms with Crippen molar-refractivity contribution < 1.29 is 4.79 Å². The van der Waals surface area contributed by atoms with Crippen LogP contribution in [0.4, 0.5) is 10.8 Å².